The normalized spacial score (nSPS) is 16.6. The maximum absolute atomic E-state index is 13.1. The minimum Gasteiger partial charge on any atom is -0.345 e. The number of carbonyl (C=O) groups is 2. The first-order chi connectivity index (χ1) is 15.0. The smallest absolute Gasteiger partial charge is 0.252 e. The van der Waals surface area contributed by atoms with Crippen molar-refractivity contribution in [1.29, 1.82) is 0 Å². The topological polar surface area (TPSA) is 70.2 Å². The van der Waals surface area contributed by atoms with Gasteiger partial charge in [-0.1, -0.05) is 55.0 Å². The number of anilines is 1. The molecule has 1 heterocycles. The summed E-state index contributed by atoms with van der Waals surface area (Å²) in [5, 5.41) is 11.6. The number of halogens is 1. The number of aryl methyl sites for hydroxylation is 1. The van der Waals surface area contributed by atoms with E-state index in [0.717, 1.165) is 47.7 Å². The molecule has 1 saturated heterocycles. The number of hydrogen-bond donors (Lipinski definition) is 3. The molecule has 32 heavy (non-hydrogen) atoms. The average molecular weight is 452 g/mol. The highest BCUT2D eigenvalue weighted by Crippen LogP contribution is 2.25. The molecule has 1 aliphatic rings. The molecule has 1 fully saturated rings. The van der Waals surface area contributed by atoms with Crippen LogP contribution < -0.4 is 16.0 Å². The Morgan fingerprint density at radius 1 is 1.03 bits per heavy atom. The molecule has 1 aliphatic heterocycles. The van der Waals surface area contributed by atoms with Gasteiger partial charge in [-0.25, -0.2) is 0 Å². The van der Waals surface area contributed by atoms with Crippen LogP contribution in [0.3, 0.4) is 0 Å². The van der Waals surface area contributed by atoms with Gasteiger partial charge in [0.1, 0.15) is 0 Å². The van der Waals surface area contributed by atoms with Crippen LogP contribution >= 0.6 is 12.4 Å². The van der Waals surface area contributed by atoms with Crippen LogP contribution in [0.4, 0.5) is 5.69 Å². The number of benzene rings is 3. The minimum atomic E-state index is -0.168. The minimum absolute atomic E-state index is 0. The van der Waals surface area contributed by atoms with Crippen LogP contribution in [0.25, 0.3) is 10.8 Å². The third kappa shape index (κ3) is 5.29. The Bertz CT molecular complexity index is 1100. The zero-order chi connectivity index (χ0) is 21.8. The molecule has 0 bridgehead atoms. The first-order valence-corrected chi connectivity index (χ1v) is 11.0. The van der Waals surface area contributed by atoms with E-state index in [-0.39, 0.29) is 36.3 Å². The summed E-state index contributed by atoms with van der Waals surface area (Å²) in [5.74, 6) is -0.191. The largest absolute Gasteiger partial charge is 0.345 e. The van der Waals surface area contributed by atoms with Crippen molar-refractivity contribution in [3.8, 4) is 0 Å². The summed E-state index contributed by atoms with van der Waals surface area (Å²) in [5.41, 5.74) is 3.17. The highest BCUT2D eigenvalue weighted by Gasteiger charge is 2.21. The van der Waals surface area contributed by atoms with Gasteiger partial charge < -0.3 is 16.0 Å². The summed E-state index contributed by atoms with van der Waals surface area (Å²) < 4.78 is 0. The maximum Gasteiger partial charge on any atom is 0.252 e. The van der Waals surface area contributed by atoms with Gasteiger partial charge in [-0.15, -0.1) is 12.4 Å². The summed E-state index contributed by atoms with van der Waals surface area (Å²) in [6.07, 6.45) is 3.00. The monoisotopic (exact) mass is 451 g/mol. The zero-order valence-electron chi connectivity index (χ0n) is 18.5. The number of amides is 2. The Kier molecular flexibility index (Phi) is 7.89. The molecule has 0 spiro atoms. The second kappa shape index (κ2) is 10.6. The van der Waals surface area contributed by atoms with E-state index in [1.165, 1.54) is 0 Å². The molecule has 0 aliphatic carbocycles. The van der Waals surface area contributed by atoms with Crippen molar-refractivity contribution in [2.45, 2.75) is 45.2 Å². The van der Waals surface area contributed by atoms with Gasteiger partial charge in [0.15, 0.2) is 0 Å². The lowest BCUT2D eigenvalue weighted by Crippen LogP contribution is -2.43. The molecule has 6 heteroatoms. The summed E-state index contributed by atoms with van der Waals surface area (Å²) in [6, 6.07) is 19.5. The molecule has 2 atom stereocenters. The summed E-state index contributed by atoms with van der Waals surface area (Å²) in [6.45, 7) is 4.77. The third-order valence-corrected chi connectivity index (χ3v) is 6.01. The molecule has 3 N–H and O–H groups in total. The Balaban J connectivity index is 0.00000289. The van der Waals surface area contributed by atoms with Crippen LogP contribution in [0.5, 0.6) is 0 Å². The summed E-state index contributed by atoms with van der Waals surface area (Å²) in [4.78, 5) is 25.6. The average Bonchev–Trinajstić information content (AvgIpc) is 2.80. The first-order valence-electron chi connectivity index (χ1n) is 11.0. The van der Waals surface area contributed by atoms with E-state index in [0.29, 0.717) is 11.3 Å². The van der Waals surface area contributed by atoms with E-state index in [1.807, 2.05) is 50.2 Å². The Morgan fingerprint density at radius 2 is 1.81 bits per heavy atom. The molecular weight excluding hydrogens is 422 g/mol. The fourth-order valence-corrected chi connectivity index (χ4v) is 4.23. The van der Waals surface area contributed by atoms with Crippen molar-refractivity contribution in [2.75, 3.05) is 11.9 Å². The number of carbonyl (C=O) groups excluding carboxylic acids is 2. The Labute approximate surface area is 195 Å². The second-order valence-electron chi connectivity index (χ2n) is 8.28. The second-order valence-corrected chi connectivity index (χ2v) is 8.28. The van der Waals surface area contributed by atoms with Gasteiger partial charge in [0.25, 0.3) is 5.91 Å². The van der Waals surface area contributed by atoms with E-state index >= 15 is 0 Å². The fourth-order valence-electron chi connectivity index (χ4n) is 4.23. The fraction of sp³-hybridized carbons (Fsp3) is 0.308. The third-order valence-electron chi connectivity index (χ3n) is 6.01. The van der Waals surface area contributed by atoms with Crippen LogP contribution in [0.1, 0.15) is 53.7 Å². The lowest BCUT2D eigenvalue weighted by Gasteiger charge is -2.23. The van der Waals surface area contributed by atoms with E-state index in [1.54, 1.807) is 6.07 Å². The van der Waals surface area contributed by atoms with Crippen LogP contribution in [0.15, 0.2) is 60.7 Å². The SMILES string of the molecule is Cc1ccc(NC(=O)[C@H]2CCCCN2)cc1C(=O)N[C@H](C)c1cccc2ccccc12.Cl. The summed E-state index contributed by atoms with van der Waals surface area (Å²) >= 11 is 0. The number of rotatable bonds is 5. The van der Waals surface area contributed by atoms with Gasteiger partial charge in [0.05, 0.1) is 12.1 Å². The van der Waals surface area contributed by atoms with Gasteiger partial charge in [-0.3, -0.25) is 9.59 Å². The van der Waals surface area contributed by atoms with Crippen LogP contribution in [-0.2, 0) is 4.79 Å². The van der Waals surface area contributed by atoms with Crippen molar-refractivity contribution < 1.29 is 9.59 Å². The maximum atomic E-state index is 13.1. The number of hydrogen-bond acceptors (Lipinski definition) is 3. The van der Waals surface area contributed by atoms with Gasteiger partial charge in [0.2, 0.25) is 5.91 Å². The number of nitrogens with one attached hydrogen (secondary N) is 3. The zero-order valence-corrected chi connectivity index (χ0v) is 19.3. The quantitative estimate of drug-likeness (QED) is 0.503. The highest BCUT2D eigenvalue weighted by molar-refractivity contribution is 6.00. The van der Waals surface area contributed by atoms with E-state index in [9.17, 15) is 9.59 Å². The molecular formula is C26H30ClN3O2. The molecule has 3 aromatic carbocycles. The van der Waals surface area contributed by atoms with Gasteiger partial charge in [0, 0.05) is 11.3 Å². The standard InChI is InChI=1S/C26H29N3O2.ClH/c1-17-13-14-20(29-26(31)24-12-5-6-15-27-24)16-23(17)25(30)28-18(2)21-11-7-9-19-8-3-4-10-22(19)21;/h3-4,7-11,13-14,16,18,24,27H,5-6,12,15H2,1-2H3,(H,28,30)(H,29,31);1H/t18-,24-;/m1./s1. The van der Waals surface area contributed by atoms with Gasteiger partial charge in [-0.2, -0.15) is 0 Å². The van der Waals surface area contributed by atoms with E-state index in [4.69, 9.17) is 0 Å². The molecule has 0 radical (unpaired) electrons. The van der Waals surface area contributed by atoms with Crippen LogP contribution in [-0.4, -0.2) is 24.4 Å². The van der Waals surface area contributed by atoms with Gasteiger partial charge in [-0.05, 0) is 67.3 Å². The number of fused-ring (bicyclic) bond motifs is 1. The number of piperidine rings is 1. The Hall–Kier alpha value is -2.89. The van der Waals surface area contributed by atoms with Crippen molar-refractivity contribution in [2.24, 2.45) is 0 Å². The van der Waals surface area contributed by atoms with Crippen molar-refractivity contribution in [3.05, 3.63) is 77.4 Å². The summed E-state index contributed by atoms with van der Waals surface area (Å²) in [7, 11) is 0. The van der Waals surface area contributed by atoms with E-state index < -0.39 is 0 Å². The molecule has 3 aromatic rings. The first kappa shape index (κ1) is 23.8. The molecule has 0 aromatic heterocycles. The molecule has 5 nitrogen and oxygen atoms in total. The van der Waals surface area contributed by atoms with Crippen LogP contribution in [0.2, 0.25) is 0 Å². The van der Waals surface area contributed by atoms with E-state index in [2.05, 4.69) is 34.1 Å². The van der Waals surface area contributed by atoms with Crippen molar-refractivity contribution in [1.82, 2.24) is 10.6 Å². The molecule has 0 unspecified atom stereocenters. The lowest BCUT2D eigenvalue weighted by atomic mass is 9.99. The molecule has 2 amide bonds. The molecule has 168 valence electrons. The lowest BCUT2D eigenvalue weighted by molar-refractivity contribution is -0.118. The molecule has 4 rings (SSSR count). The predicted molar refractivity (Wildman–Crippen MR) is 133 cm³/mol. The molecule has 0 saturated carbocycles. The predicted octanol–water partition coefficient (Wildman–Crippen LogP) is 5.14. The highest BCUT2D eigenvalue weighted by atomic mass is 35.5. The van der Waals surface area contributed by atoms with Crippen molar-refractivity contribution in [3.63, 3.8) is 0 Å². The van der Waals surface area contributed by atoms with Crippen molar-refractivity contribution >= 4 is 40.7 Å². The van der Waals surface area contributed by atoms with Crippen LogP contribution in [0, 0.1) is 6.92 Å². The van der Waals surface area contributed by atoms with Gasteiger partial charge >= 0.3 is 0 Å². The Morgan fingerprint density at radius 3 is 2.59 bits per heavy atom.